The molecule has 2 amide bonds. The molecule has 0 bridgehead atoms. The Balaban J connectivity index is 1.56. The predicted octanol–water partition coefficient (Wildman–Crippen LogP) is 3.56. The van der Waals surface area contributed by atoms with E-state index in [1.165, 1.54) is 5.56 Å². The van der Waals surface area contributed by atoms with Crippen LogP contribution >= 0.6 is 11.8 Å². The second kappa shape index (κ2) is 8.47. The minimum atomic E-state index is 0.199. The summed E-state index contributed by atoms with van der Waals surface area (Å²) >= 11 is 1.72. The summed E-state index contributed by atoms with van der Waals surface area (Å²) < 4.78 is 0. The second-order valence-corrected chi connectivity index (χ2v) is 9.54. The number of hydrogen-bond donors (Lipinski definition) is 0. The number of piperidine rings is 2. The summed E-state index contributed by atoms with van der Waals surface area (Å²) in [6.45, 7) is 7.47. The number of thioether (sulfide) groups is 1. The number of hydrogen-bond acceptors (Lipinski definition) is 3. The van der Waals surface area contributed by atoms with Crippen molar-refractivity contribution in [3.8, 4) is 0 Å². The van der Waals surface area contributed by atoms with Crippen LogP contribution in [0, 0.1) is 5.41 Å². The quantitative estimate of drug-likeness (QED) is 0.791. The van der Waals surface area contributed by atoms with Crippen molar-refractivity contribution in [2.45, 2.75) is 51.3 Å². The zero-order chi connectivity index (χ0) is 18.6. The van der Waals surface area contributed by atoms with Gasteiger partial charge in [0.05, 0.1) is 5.75 Å². The number of rotatable bonds is 5. The molecule has 1 spiro atoms. The predicted molar refractivity (Wildman–Crippen MR) is 107 cm³/mol. The van der Waals surface area contributed by atoms with Crippen LogP contribution in [0.15, 0.2) is 30.3 Å². The van der Waals surface area contributed by atoms with Gasteiger partial charge >= 0.3 is 0 Å². The number of carbonyl (C=O) groups is 2. The molecule has 2 fully saturated rings. The van der Waals surface area contributed by atoms with Crippen LogP contribution in [0.1, 0.15) is 45.1 Å². The topological polar surface area (TPSA) is 40.6 Å². The number of benzene rings is 1. The highest BCUT2D eigenvalue weighted by atomic mass is 32.2. The van der Waals surface area contributed by atoms with Crippen molar-refractivity contribution in [1.82, 2.24) is 9.80 Å². The van der Waals surface area contributed by atoms with Crippen molar-refractivity contribution in [3.05, 3.63) is 35.9 Å². The van der Waals surface area contributed by atoms with E-state index in [0.717, 1.165) is 38.9 Å². The molecule has 0 N–H and O–H groups in total. The number of nitrogens with zero attached hydrogens (tertiary/aromatic N) is 2. The minimum Gasteiger partial charge on any atom is -0.342 e. The normalized spacial score (nSPS) is 20.0. The third-order valence-corrected chi connectivity index (χ3v) is 6.76. The van der Waals surface area contributed by atoms with Gasteiger partial charge in [0.15, 0.2) is 0 Å². The van der Waals surface area contributed by atoms with Crippen LogP contribution in [0.3, 0.4) is 0 Å². The van der Waals surface area contributed by atoms with Gasteiger partial charge in [-0.1, -0.05) is 44.2 Å². The molecule has 26 heavy (non-hydrogen) atoms. The third kappa shape index (κ3) is 4.81. The van der Waals surface area contributed by atoms with E-state index in [1.54, 1.807) is 11.8 Å². The van der Waals surface area contributed by atoms with Gasteiger partial charge in [0.2, 0.25) is 11.8 Å². The Morgan fingerprint density at radius 1 is 1.15 bits per heavy atom. The van der Waals surface area contributed by atoms with E-state index in [-0.39, 0.29) is 17.2 Å². The average molecular weight is 375 g/mol. The van der Waals surface area contributed by atoms with Crippen LogP contribution in [0.2, 0.25) is 0 Å². The highest BCUT2D eigenvalue weighted by Gasteiger charge is 2.41. The van der Waals surface area contributed by atoms with E-state index >= 15 is 0 Å². The summed E-state index contributed by atoms with van der Waals surface area (Å²) in [7, 11) is 0. The molecule has 0 saturated carbocycles. The van der Waals surface area contributed by atoms with Crippen molar-refractivity contribution >= 4 is 23.6 Å². The standard InChI is InChI=1S/C21H30N2O2S/c1-17(2)26-15-20(25)22-12-10-21(11-13-22)9-8-19(24)23(16-21)14-18-6-4-3-5-7-18/h3-7,17H,8-16H2,1-2H3. The first-order valence-electron chi connectivity index (χ1n) is 9.69. The van der Waals surface area contributed by atoms with Gasteiger partial charge in [0.1, 0.15) is 0 Å². The Morgan fingerprint density at radius 3 is 2.50 bits per heavy atom. The van der Waals surface area contributed by atoms with Crippen molar-refractivity contribution < 1.29 is 9.59 Å². The monoisotopic (exact) mass is 374 g/mol. The summed E-state index contributed by atoms with van der Waals surface area (Å²) in [6.07, 6.45) is 3.65. The lowest BCUT2D eigenvalue weighted by Crippen LogP contribution is -2.52. The van der Waals surface area contributed by atoms with Crippen molar-refractivity contribution in [1.29, 1.82) is 0 Å². The lowest BCUT2D eigenvalue weighted by molar-refractivity contribution is -0.142. The molecule has 2 aliphatic heterocycles. The van der Waals surface area contributed by atoms with E-state index in [2.05, 4.69) is 26.0 Å². The maximum Gasteiger partial charge on any atom is 0.232 e. The molecular formula is C21H30N2O2S. The van der Waals surface area contributed by atoms with Crippen molar-refractivity contribution in [3.63, 3.8) is 0 Å². The first kappa shape index (κ1) is 19.3. The maximum atomic E-state index is 12.4. The van der Waals surface area contributed by atoms with E-state index in [4.69, 9.17) is 0 Å². The molecule has 0 atom stereocenters. The van der Waals surface area contributed by atoms with E-state index in [1.807, 2.05) is 28.0 Å². The molecule has 2 saturated heterocycles. The molecule has 1 aromatic carbocycles. The third-order valence-electron chi connectivity index (χ3n) is 5.68. The lowest BCUT2D eigenvalue weighted by Gasteiger charge is -2.47. The molecule has 2 aliphatic rings. The van der Waals surface area contributed by atoms with Crippen LogP contribution in [0.4, 0.5) is 0 Å². The largest absolute Gasteiger partial charge is 0.342 e. The Kier molecular flexibility index (Phi) is 6.28. The van der Waals surface area contributed by atoms with Crippen LogP contribution < -0.4 is 0 Å². The molecule has 4 nitrogen and oxygen atoms in total. The van der Waals surface area contributed by atoms with Crippen LogP contribution in [-0.2, 0) is 16.1 Å². The molecule has 0 unspecified atom stereocenters. The zero-order valence-electron chi connectivity index (χ0n) is 15.9. The van der Waals surface area contributed by atoms with Gasteiger partial charge in [-0.15, -0.1) is 11.8 Å². The molecule has 1 aromatic rings. The minimum absolute atomic E-state index is 0.199. The van der Waals surface area contributed by atoms with Gasteiger partial charge in [0, 0.05) is 32.6 Å². The van der Waals surface area contributed by atoms with E-state index in [0.29, 0.717) is 24.0 Å². The van der Waals surface area contributed by atoms with Crippen LogP contribution in [0.25, 0.3) is 0 Å². The number of likely N-dealkylation sites (tertiary alicyclic amines) is 2. The summed E-state index contributed by atoms with van der Waals surface area (Å²) in [5.74, 6) is 1.13. The number of amides is 2. The molecule has 0 radical (unpaired) electrons. The van der Waals surface area contributed by atoms with Crippen molar-refractivity contribution in [2.75, 3.05) is 25.4 Å². The molecule has 0 aromatic heterocycles. The van der Waals surface area contributed by atoms with Gasteiger partial charge in [-0.05, 0) is 35.5 Å². The van der Waals surface area contributed by atoms with Crippen LogP contribution in [-0.4, -0.2) is 52.3 Å². The Morgan fingerprint density at radius 2 is 1.85 bits per heavy atom. The molecule has 142 valence electrons. The van der Waals surface area contributed by atoms with Gasteiger partial charge in [-0.2, -0.15) is 0 Å². The summed E-state index contributed by atoms with van der Waals surface area (Å²) in [4.78, 5) is 28.8. The highest BCUT2D eigenvalue weighted by Crippen LogP contribution is 2.40. The van der Waals surface area contributed by atoms with Gasteiger partial charge in [-0.25, -0.2) is 0 Å². The van der Waals surface area contributed by atoms with Gasteiger partial charge < -0.3 is 9.80 Å². The van der Waals surface area contributed by atoms with Crippen LogP contribution in [0.5, 0.6) is 0 Å². The number of carbonyl (C=O) groups excluding carboxylic acids is 2. The average Bonchev–Trinajstić information content (AvgIpc) is 2.64. The van der Waals surface area contributed by atoms with E-state index in [9.17, 15) is 9.59 Å². The molecular weight excluding hydrogens is 344 g/mol. The molecule has 3 rings (SSSR count). The Bertz CT molecular complexity index is 624. The molecule has 2 heterocycles. The fourth-order valence-electron chi connectivity index (χ4n) is 4.02. The fraction of sp³-hybridized carbons (Fsp3) is 0.619. The van der Waals surface area contributed by atoms with Gasteiger partial charge in [0.25, 0.3) is 0 Å². The van der Waals surface area contributed by atoms with E-state index < -0.39 is 0 Å². The maximum absolute atomic E-state index is 12.4. The Hall–Kier alpha value is -1.49. The summed E-state index contributed by atoms with van der Waals surface area (Å²) in [6, 6.07) is 10.2. The summed E-state index contributed by atoms with van der Waals surface area (Å²) in [5.41, 5.74) is 1.39. The Labute approximate surface area is 161 Å². The lowest BCUT2D eigenvalue weighted by atomic mass is 9.72. The van der Waals surface area contributed by atoms with Gasteiger partial charge in [-0.3, -0.25) is 9.59 Å². The first-order chi connectivity index (χ1) is 12.5. The smallest absolute Gasteiger partial charge is 0.232 e. The van der Waals surface area contributed by atoms with Crippen molar-refractivity contribution in [2.24, 2.45) is 5.41 Å². The second-order valence-electron chi connectivity index (χ2n) is 7.98. The fourth-order valence-corrected chi connectivity index (χ4v) is 4.68. The zero-order valence-corrected chi connectivity index (χ0v) is 16.8. The summed E-state index contributed by atoms with van der Waals surface area (Å²) in [5, 5.41) is 0.492. The SMILES string of the molecule is CC(C)SCC(=O)N1CCC2(CCC(=O)N(Cc3ccccc3)C2)CC1. The molecule has 5 heteroatoms. The molecule has 0 aliphatic carbocycles. The first-order valence-corrected chi connectivity index (χ1v) is 10.7. The highest BCUT2D eigenvalue weighted by molar-refractivity contribution is 8.00.